The Morgan fingerprint density at radius 1 is 1.12 bits per heavy atom. The molecule has 32 heavy (non-hydrogen) atoms. The minimum Gasteiger partial charge on any atom is -0.486 e. The molecule has 0 heterocycles. The maximum absolute atomic E-state index is 13.4. The van der Waals surface area contributed by atoms with Crippen molar-refractivity contribution >= 4 is 5.91 Å². The first-order valence-corrected chi connectivity index (χ1v) is 10.4. The zero-order valence-electron chi connectivity index (χ0n) is 17.3. The van der Waals surface area contributed by atoms with Crippen LogP contribution in [0, 0.1) is 17.7 Å². The molecule has 0 aliphatic heterocycles. The Bertz CT molecular complexity index is 802. The first-order chi connectivity index (χ1) is 14.9. The highest BCUT2D eigenvalue weighted by Gasteiger charge is 2.55. The third kappa shape index (κ3) is 5.60. The fraction of sp³-hybridized carbons (Fsp3) is 0.667. The van der Waals surface area contributed by atoms with E-state index < -0.39 is 42.1 Å². The Kier molecular flexibility index (Phi) is 7.16. The molecule has 2 fully saturated rings. The lowest BCUT2D eigenvalue weighted by atomic mass is 9.75. The molecule has 3 rings (SSSR count). The first-order valence-electron chi connectivity index (χ1n) is 10.4. The maximum Gasteiger partial charge on any atom is 0.417 e. The van der Waals surface area contributed by atoms with E-state index in [4.69, 9.17) is 4.74 Å². The molecule has 180 valence electrons. The standard InChI is InChI=1S/C21H25F6NO4/c1-20(30,21(25,26)27)12-2-5-14(6-3-12)28-18(29)11-8-15(9-11)31-17-10-13(22)4-7-16(17)32-19(23)24/h4,7,10-12,14-15,19,30H,2-3,5-6,8-9H2,1H3,(H,28,29). The summed E-state index contributed by atoms with van der Waals surface area (Å²) in [5.41, 5.74) is -2.76. The third-order valence-corrected chi connectivity index (χ3v) is 6.32. The highest BCUT2D eigenvalue weighted by atomic mass is 19.4. The molecule has 2 aliphatic carbocycles. The smallest absolute Gasteiger partial charge is 0.417 e. The third-order valence-electron chi connectivity index (χ3n) is 6.32. The number of ether oxygens (including phenoxy) is 2. The summed E-state index contributed by atoms with van der Waals surface area (Å²) in [7, 11) is 0. The topological polar surface area (TPSA) is 67.8 Å². The van der Waals surface area contributed by atoms with Gasteiger partial charge in [0.2, 0.25) is 5.91 Å². The zero-order chi connectivity index (χ0) is 23.7. The summed E-state index contributed by atoms with van der Waals surface area (Å²) in [5.74, 6) is -2.75. The molecule has 0 aromatic heterocycles. The summed E-state index contributed by atoms with van der Waals surface area (Å²) in [6.45, 7) is -2.32. The van der Waals surface area contributed by atoms with Gasteiger partial charge in [0.25, 0.3) is 0 Å². The maximum atomic E-state index is 13.4. The average Bonchev–Trinajstić information content (AvgIpc) is 2.65. The van der Waals surface area contributed by atoms with Crippen molar-refractivity contribution in [2.24, 2.45) is 11.8 Å². The number of carbonyl (C=O) groups excluding carboxylic acids is 1. The number of alkyl halides is 5. The molecule has 1 amide bonds. The monoisotopic (exact) mass is 469 g/mol. The molecule has 11 heteroatoms. The van der Waals surface area contributed by atoms with Crippen molar-refractivity contribution < 1.29 is 45.7 Å². The normalized spacial score (nSPS) is 27.9. The summed E-state index contributed by atoms with van der Waals surface area (Å²) in [6.07, 6.45) is -3.69. The number of rotatable bonds is 7. The quantitative estimate of drug-likeness (QED) is 0.574. The van der Waals surface area contributed by atoms with Crippen LogP contribution in [-0.4, -0.2) is 41.5 Å². The van der Waals surface area contributed by atoms with Crippen molar-refractivity contribution in [2.75, 3.05) is 0 Å². The van der Waals surface area contributed by atoms with Crippen LogP contribution in [0.15, 0.2) is 18.2 Å². The van der Waals surface area contributed by atoms with E-state index in [9.17, 15) is 36.2 Å². The Morgan fingerprint density at radius 3 is 2.31 bits per heavy atom. The second-order valence-corrected chi connectivity index (χ2v) is 8.58. The SMILES string of the molecule is CC(O)(C1CCC(NC(=O)C2CC(Oc3cc(F)ccc3OC(F)F)C2)CC1)C(F)(F)F. The molecular formula is C21H25F6NO4. The fourth-order valence-electron chi connectivity index (χ4n) is 4.17. The van der Waals surface area contributed by atoms with Gasteiger partial charge in [-0.2, -0.15) is 22.0 Å². The average molecular weight is 469 g/mol. The number of benzene rings is 1. The highest BCUT2D eigenvalue weighted by Crippen LogP contribution is 2.43. The number of hydrogen-bond donors (Lipinski definition) is 2. The van der Waals surface area contributed by atoms with Gasteiger partial charge in [-0.25, -0.2) is 4.39 Å². The van der Waals surface area contributed by atoms with Crippen molar-refractivity contribution in [2.45, 2.75) is 76.0 Å². The van der Waals surface area contributed by atoms with E-state index in [1.807, 2.05) is 0 Å². The Hall–Kier alpha value is -2.17. The van der Waals surface area contributed by atoms with Gasteiger partial charge in [-0.15, -0.1) is 0 Å². The van der Waals surface area contributed by atoms with E-state index in [1.54, 1.807) is 0 Å². The molecule has 1 atom stereocenters. The Balaban J connectivity index is 1.45. The van der Waals surface area contributed by atoms with Gasteiger partial charge >= 0.3 is 12.8 Å². The lowest BCUT2D eigenvalue weighted by molar-refractivity contribution is -0.275. The fourth-order valence-corrected chi connectivity index (χ4v) is 4.17. The molecular weight excluding hydrogens is 444 g/mol. The number of hydrogen-bond acceptors (Lipinski definition) is 4. The highest BCUT2D eigenvalue weighted by molar-refractivity contribution is 5.80. The largest absolute Gasteiger partial charge is 0.486 e. The van der Waals surface area contributed by atoms with Crippen LogP contribution in [0.4, 0.5) is 26.3 Å². The molecule has 5 nitrogen and oxygen atoms in total. The number of nitrogens with one attached hydrogen (secondary N) is 1. The van der Waals surface area contributed by atoms with Crippen LogP contribution < -0.4 is 14.8 Å². The van der Waals surface area contributed by atoms with Crippen LogP contribution in [0.3, 0.4) is 0 Å². The molecule has 0 bridgehead atoms. The predicted molar refractivity (Wildman–Crippen MR) is 101 cm³/mol. The van der Waals surface area contributed by atoms with Gasteiger partial charge in [-0.1, -0.05) is 0 Å². The number of halogens is 6. The summed E-state index contributed by atoms with van der Waals surface area (Å²) >= 11 is 0. The van der Waals surface area contributed by atoms with E-state index in [1.165, 1.54) is 0 Å². The van der Waals surface area contributed by atoms with Crippen LogP contribution in [0.5, 0.6) is 11.5 Å². The zero-order valence-corrected chi connectivity index (χ0v) is 17.3. The van der Waals surface area contributed by atoms with Gasteiger partial charge < -0.3 is 19.9 Å². The van der Waals surface area contributed by atoms with Crippen molar-refractivity contribution in [1.29, 1.82) is 0 Å². The van der Waals surface area contributed by atoms with Gasteiger partial charge in [0, 0.05) is 18.0 Å². The molecule has 1 unspecified atom stereocenters. The van der Waals surface area contributed by atoms with Crippen LogP contribution in [0.2, 0.25) is 0 Å². The molecule has 1 aromatic rings. The van der Waals surface area contributed by atoms with Gasteiger partial charge in [0.1, 0.15) is 11.9 Å². The van der Waals surface area contributed by atoms with Gasteiger partial charge in [0.15, 0.2) is 17.1 Å². The van der Waals surface area contributed by atoms with E-state index in [2.05, 4.69) is 10.1 Å². The lowest BCUT2D eigenvalue weighted by Crippen LogP contribution is -2.52. The van der Waals surface area contributed by atoms with Gasteiger partial charge in [0.05, 0.1) is 0 Å². The molecule has 1 aromatic carbocycles. The van der Waals surface area contributed by atoms with Gasteiger partial charge in [-0.3, -0.25) is 4.79 Å². The van der Waals surface area contributed by atoms with Crippen LogP contribution in [0.25, 0.3) is 0 Å². The second kappa shape index (κ2) is 9.36. The summed E-state index contributed by atoms with van der Waals surface area (Å²) < 4.78 is 87.2. The minimum atomic E-state index is -4.71. The molecule has 2 aliphatic rings. The van der Waals surface area contributed by atoms with Gasteiger partial charge in [-0.05, 0) is 63.5 Å². The van der Waals surface area contributed by atoms with Crippen molar-refractivity contribution in [1.82, 2.24) is 5.32 Å². The summed E-state index contributed by atoms with van der Waals surface area (Å²) in [4.78, 5) is 12.4. The lowest BCUT2D eigenvalue weighted by Gasteiger charge is -2.40. The van der Waals surface area contributed by atoms with E-state index >= 15 is 0 Å². The van der Waals surface area contributed by atoms with E-state index in [-0.39, 0.29) is 49.1 Å². The van der Waals surface area contributed by atoms with E-state index in [0.717, 1.165) is 25.1 Å². The van der Waals surface area contributed by atoms with Crippen LogP contribution >= 0.6 is 0 Å². The molecule has 2 N–H and O–H groups in total. The van der Waals surface area contributed by atoms with E-state index in [0.29, 0.717) is 12.8 Å². The summed E-state index contributed by atoms with van der Waals surface area (Å²) in [5, 5.41) is 12.6. The summed E-state index contributed by atoms with van der Waals surface area (Å²) in [6, 6.07) is 2.65. The van der Waals surface area contributed by atoms with Crippen molar-refractivity contribution in [3.05, 3.63) is 24.0 Å². The van der Waals surface area contributed by atoms with Crippen LogP contribution in [-0.2, 0) is 4.79 Å². The Labute approximate surface area is 181 Å². The number of aliphatic hydroxyl groups is 1. The first kappa shape index (κ1) is 24.5. The minimum absolute atomic E-state index is 0.139. The number of amides is 1. The molecule has 0 saturated heterocycles. The number of carbonyl (C=O) groups is 1. The predicted octanol–water partition coefficient (Wildman–Crippen LogP) is 4.57. The molecule has 2 saturated carbocycles. The van der Waals surface area contributed by atoms with Crippen LogP contribution in [0.1, 0.15) is 45.4 Å². The van der Waals surface area contributed by atoms with Crippen molar-refractivity contribution in [3.8, 4) is 11.5 Å². The Morgan fingerprint density at radius 2 is 1.75 bits per heavy atom. The second-order valence-electron chi connectivity index (χ2n) is 8.58. The molecule has 0 spiro atoms. The molecule has 0 radical (unpaired) electrons. The van der Waals surface area contributed by atoms with Crippen molar-refractivity contribution in [3.63, 3.8) is 0 Å².